The second-order valence-electron chi connectivity index (χ2n) is 9.59. The van der Waals surface area contributed by atoms with Crippen LogP contribution in [0.25, 0.3) is 0 Å². The molecule has 176 valence electrons. The molecule has 1 aromatic carbocycles. The van der Waals surface area contributed by atoms with Crippen molar-refractivity contribution in [2.24, 2.45) is 5.92 Å². The van der Waals surface area contributed by atoms with E-state index >= 15 is 0 Å². The monoisotopic (exact) mass is 441 g/mol. The van der Waals surface area contributed by atoms with Crippen molar-refractivity contribution in [2.45, 2.75) is 57.4 Å². The Balaban J connectivity index is 1.25. The zero-order valence-electron chi connectivity index (χ0n) is 19.4. The number of nitrogens with zero attached hydrogens (tertiary/aromatic N) is 3. The van der Waals surface area contributed by atoms with Crippen molar-refractivity contribution in [3.63, 3.8) is 0 Å². The van der Waals surface area contributed by atoms with Gasteiger partial charge in [-0.25, -0.2) is 0 Å². The Labute approximate surface area is 192 Å². The molecule has 0 radical (unpaired) electrons. The van der Waals surface area contributed by atoms with Crippen molar-refractivity contribution in [3.8, 4) is 0 Å². The van der Waals surface area contributed by atoms with Gasteiger partial charge in [0.15, 0.2) is 0 Å². The molecule has 4 rings (SSSR count). The summed E-state index contributed by atoms with van der Waals surface area (Å²) in [6.07, 6.45) is 7.58. The molecule has 1 aromatic rings. The second kappa shape index (κ2) is 11.8. The lowest BCUT2D eigenvalue weighted by atomic mass is 9.84. The summed E-state index contributed by atoms with van der Waals surface area (Å²) in [6, 6.07) is 10.6. The molecule has 6 nitrogen and oxygen atoms in total. The fourth-order valence-electron chi connectivity index (χ4n) is 5.12. The van der Waals surface area contributed by atoms with Gasteiger partial charge in [-0.1, -0.05) is 36.8 Å². The zero-order valence-corrected chi connectivity index (χ0v) is 19.4. The SMILES string of the molecule is O=C(CCCc1ccccc1)N1CCC(N(CCCN2CCOCC2)C(=O)C2CCC2)C1. The molecule has 0 N–H and O–H groups in total. The molecule has 1 unspecified atom stereocenters. The molecule has 2 heterocycles. The van der Waals surface area contributed by atoms with Crippen molar-refractivity contribution in [2.75, 3.05) is 52.5 Å². The van der Waals surface area contributed by atoms with Gasteiger partial charge in [-0.05, 0) is 44.1 Å². The van der Waals surface area contributed by atoms with Gasteiger partial charge in [0.25, 0.3) is 0 Å². The van der Waals surface area contributed by atoms with E-state index in [2.05, 4.69) is 34.1 Å². The number of carbonyl (C=O) groups excluding carboxylic acids is 2. The third kappa shape index (κ3) is 6.32. The fourth-order valence-corrected chi connectivity index (χ4v) is 5.12. The van der Waals surface area contributed by atoms with Gasteiger partial charge < -0.3 is 14.5 Å². The molecule has 2 saturated heterocycles. The number of ether oxygens (including phenoxy) is 1. The number of rotatable bonds is 10. The summed E-state index contributed by atoms with van der Waals surface area (Å²) in [5, 5.41) is 0. The minimum absolute atomic E-state index is 0.186. The van der Waals surface area contributed by atoms with Crippen LogP contribution in [0.3, 0.4) is 0 Å². The molecule has 0 bridgehead atoms. The molecule has 6 heteroatoms. The third-order valence-electron chi connectivity index (χ3n) is 7.37. The van der Waals surface area contributed by atoms with E-state index in [4.69, 9.17) is 4.74 Å². The van der Waals surface area contributed by atoms with Crippen molar-refractivity contribution >= 4 is 11.8 Å². The van der Waals surface area contributed by atoms with Crippen LogP contribution in [0.1, 0.15) is 50.5 Å². The van der Waals surface area contributed by atoms with E-state index in [9.17, 15) is 9.59 Å². The number of aryl methyl sites for hydroxylation is 1. The van der Waals surface area contributed by atoms with E-state index in [1.807, 2.05) is 11.0 Å². The lowest BCUT2D eigenvalue weighted by Crippen LogP contribution is -2.48. The number of benzene rings is 1. The molecule has 1 saturated carbocycles. The van der Waals surface area contributed by atoms with Gasteiger partial charge in [0.1, 0.15) is 0 Å². The largest absolute Gasteiger partial charge is 0.379 e. The number of likely N-dealkylation sites (tertiary alicyclic amines) is 1. The predicted octanol–water partition coefficient (Wildman–Crippen LogP) is 2.96. The normalized spacial score (nSPS) is 22.0. The number of hydrogen-bond donors (Lipinski definition) is 0. The van der Waals surface area contributed by atoms with Crippen LogP contribution in [0.15, 0.2) is 30.3 Å². The predicted molar refractivity (Wildman–Crippen MR) is 125 cm³/mol. The molecule has 1 aliphatic carbocycles. The number of morpholine rings is 1. The van der Waals surface area contributed by atoms with Crippen LogP contribution in [0.4, 0.5) is 0 Å². The van der Waals surface area contributed by atoms with Gasteiger partial charge in [0.05, 0.1) is 19.3 Å². The molecular weight excluding hydrogens is 402 g/mol. The maximum absolute atomic E-state index is 13.2. The maximum Gasteiger partial charge on any atom is 0.225 e. The Morgan fingerprint density at radius 1 is 1.00 bits per heavy atom. The molecule has 2 amide bonds. The highest BCUT2D eigenvalue weighted by molar-refractivity contribution is 5.80. The quantitative estimate of drug-likeness (QED) is 0.560. The Morgan fingerprint density at radius 3 is 2.50 bits per heavy atom. The highest BCUT2D eigenvalue weighted by Gasteiger charge is 2.36. The third-order valence-corrected chi connectivity index (χ3v) is 7.37. The van der Waals surface area contributed by atoms with Crippen LogP contribution < -0.4 is 0 Å². The Bertz CT molecular complexity index is 731. The smallest absolute Gasteiger partial charge is 0.225 e. The van der Waals surface area contributed by atoms with Crippen LogP contribution >= 0.6 is 0 Å². The van der Waals surface area contributed by atoms with Crippen LogP contribution in [0.5, 0.6) is 0 Å². The van der Waals surface area contributed by atoms with E-state index in [0.717, 1.165) is 84.5 Å². The first-order chi connectivity index (χ1) is 15.7. The summed E-state index contributed by atoms with van der Waals surface area (Å²) in [6.45, 7) is 6.94. The van der Waals surface area contributed by atoms with Gasteiger partial charge in [-0.3, -0.25) is 14.5 Å². The van der Waals surface area contributed by atoms with E-state index in [1.54, 1.807) is 0 Å². The molecule has 3 fully saturated rings. The zero-order chi connectivity index (χ0) is 22.2. The van der Waals surface area contributed by atoms with E-state index in [1.165, 1.54) is 12.0 Å². The first-order valence-electron chi connectivity index (χ1n) is 12.6. The van der Waals surface area contributed by atoms with Crippen LogP contribution in [0, 0.1) is 5.92 Å². The van der Waals surface area contributed by atoms with Crippen LogP contribution in [-0.4, -0.2) is 85.0 Å². The topological polar surface area (TPSA) is 53.1 Å². The Hall–Kier alpha value is -1.92. The summed E-state index contributed by atoms with van der Waals surface area (Å²) in [5.41, 5.74) is 1.29. The minimum atomic E-state index is 0.186. The number of hydrogen-bond acceptors (Lipinski definition) is 4. The summed E-state index contributed by atoms with van der Waals surface area (Å²) in [4.78, 5) is 32.6. The van der Waals surface area contributed by atoms with E-state index in [0.29, 0.717) is 18.9 Å². The first-order valence-corrected chi connectivity index (χ1v) is 12.6. The second-order valence-corrected chi connectivity index (χ2v) is 9.59. The van der Waals surface area contributed by atoms with Crippen molar-refractivity contribution in [3.05, 3.63) is 35.9 Å². The molecule has 32 heavy (non-hydrogen) atoms. The average Bonchev–Trinajstić information content (AvgIpc) is 3.27. The van der Waals surface area contributed by atoms with Crippen LogP contribution in [0.2, 0.25) is 0 Å². The van der Waals surface area contributed by atoms with E-state index < -0.39 is 0 Å². The van der Waals surface area contributed by atoms with Gasteiger partial charge >= 0.3 is 0 Å². The van der Waals surface area contributed by atoms with Gasteiger partial charge in [-0.15, -0.1) is 0 Å². The number of carbonyl (C=O) groups is 2. The lowest BCUT2D eigenvalue weighted by Gasteiger charge is -2.36. The number of amides is 2. The minimum Gasteiger partial charge on any atom is -0.379 e. The van der Waals surface area contributed by atoms with E-state index in [-0.39, 0.29) is 17.9 Å². The lowest BCUT2D eigenvalue weighted by molar-refractivity contribution is -0.141. The summed E-state index contributed by atoms with van der Waals surface area (Å²) in [7, 11) is 0. The summed E-state index contributed by atoms with van der Waals surface area (Å²) < 4.78 is 5.44. The van der Waals surface area contributed by atoms with Crippen molar-refractivity contribution in [1.82, 2.24) is 14.7 Å². The Morgan fingerprint density at radius 2 is 1.78 bits per heavy atom. The maximum atomic E-state index is 13.2. The standard InChI is InChI=1S/C26H39N3O3/c30-25(12-4-9-22-7-2-1-3-8-22)28-16-13-24(21-28)29(26(31)23-10-5-11-23)15-6-14-27-17-19-32-20-18-27/h1-3,7-8,23-24H,4-6,9-21H2. The average molecular weight is 442 g/mol. The fraction of sp³-hybridized carbons (Fsp3) is 0.692. The highest BCUT2D eigenvalue weighted by atomic mass is 16.5. The molecule has 0 spiro atoms. The van der Waals surface area contributed by atoms with Gasteiger partial charge in [0.2, 0.25) is 11.8 Å². The molecule has 2 aliphatic heterocycles. The first kappa shape index (κ1) is 23.2. The molecule has 1 atom stereocenters. The molecule has 3 aliphatic rings. The Kier molecular flexibility index (Phi) is 8.57. The van der Waals surface area contributed by atoms with Gasteiger partial charge in [0, 0.05) is 51.6 Å². The van der Waals surface area contributed by atoms with Gasteiger partial charge in [-0.2, -0.15) is 0 Å². The summed E-state index contributed by atoms with van der Waals surface area (Å²) >= 11 is 0. The molecule has 0 aromatic heterocycles. The summed E-state index contributed by atoms with van der Waals surface area (Å²) in [5.74, 6) is 0.795. The highest BCUT2D eigenvalue weighted by Crippen LogP contribution is 2.30. The molecular formula is C26H39N3O3. The van der Waals surface area contributed by atoms with Crippen LogP contribution in [-0.2, 0) is 20.7 Å². The van der Waals surface area contributed by atoms with Crippen molar-refractivity contribution < 1.29 is 14.3 Å². The van der Waals surface area contributed by atoms with Crippen molar-refractivity contribution in [1.29, 1.82) is 0 Å².